The van der Waals surface area contributed by atoms with Crippen LogP contribution in [0.5, 0.6) is 0 Å². The Morgan fingerprint density at radius 2 is 2.12 bits per heavy atom. The second kappa shape index (κ2) is 4.46. The summed E-state index contributed by atoms with van der Waals surface area (Å²) < 4.78 is 0. The largest absolute Gasteiger partial charge is 0.390 e. The van der Waals surface area contributed by atoms with E-state index < -0.39 is 5.60 Å². The lowest BCUT2D eigenvalue weighted by atomic mass is 9.94. The summed E-state index contributed by atoms with van der Waals surface area (Å²) >= 11 is 0. The fourth-order valence-electron chi connectivity index (χ4n) is 2.36. The van der Waals surface area contributed by atoms with Crippen molar-refractivity contribution >= 4 is 5.69 Å². The van der Waals surface area contributed by atoms with Gasteiger partial charge in [0.25, 0.3) is 0 Å². The smallest absolute Gasteiger partial charge is 0.0632 e. The van der Waals surface area contributed by atoms with Crippen molar-refractivity contribution in [1.29, 1.82) is 0 Å². The monoisotopic (exact) mass is 219 g/mol. The van der Waals surface area contributed by atoms with E-state index in [1.807, 2.05) is 13.8 Å². The summed E-state index contributed by atoms with van der Waals surface area (Å²) in [6.45, 7) is 4.78. The number of hydrogen-bond donors (Lipinski definition) is 2. The number of hydrogen-bond acceptors (Lipinski definition) is 2. The molecule has 2 N–H and O–H groups in total. The van der Waals surface area contributed by atoms with Gasteiger partial charge in [-0.2, -0.15) is 0 Å². The van der Waals surface area contributed by atoms with Gasteiger partial charge in [-0.3, -0.25) is 0 Å². The first-order chi connectivity index (χ1) is 7.56. The molecule has 0 saturated carbocycles. The number of nitrogens with one attached hydrogen (secondary N) is 1. The van der Waals surface area contributed by atoms with E-state index in [1.165, 1.54) is 29.7 Å². The first-order valence-electron chi connectivity index (χ1n) is 6.13. The molecule has 0 aromatic heterocycles. The van der Waals surface area contributed by atoms with Crippen LogP contribution in [0.15, 0.2) is 18.2 Å². The average molecular weight is 219 g/mol. The van der Waals surface area contributed by atoms with Crippen LogP contribution in [0.2, 0.25) is 0 Å². The van der Waals surface area contributed by atoms with Gasteiger partial charge in [0.15, 0.2) is 0 Å². The van der Waals surface area contributed by atoms with Crippen molar-refractivity contribution in [2.75, 3.05) is 11.9 Å². The molecule has 0 radical (unpaired) electrons. The molecule has 88 valence electrons. The van der Waals surface area contributed by atoms with Crippen LogP contribution in [0.1, 0.15) is 37.8 Å². The molecule has 2 rings (SSSR count). The number of rotatable bonds is 2. The maximum Gasteiger partial charge on any atom is 0.0632 e. The maximum atomic E-state index is 9.92. The predicted octanol–water partition coefficient (Wildman–Crippen LogP) is 2.75. The third kappa shape index (κ3) is 2.76. The van der Waals surface area contributed by atoms with E-state index in [0.29, 0.717) is 6.42 Å². The Balaban J connectivity index is 2.31. The van der Waals surface area contributed by atoms with Crippen LogP contribution in [0.25, 0.3) is 0 Å². The van der Waals surface area contributed by atoms with Gasteiger partial charge < -0.3 is 10.4 Å². The van der Waals surface area contributed by atoms with Gasteiger partial charge in [0, 0.05) is 18.7 Å². The number of para-hydroxylation sites is 1. The molecule has 2 nitrogen and oxygen atoms in total. The van der Waals surface area contributed by atoms with Crippen molar-refractivity contribution in [1.82, 2.24) is 0 Å². The molecule has 1 aromatic carbocycles. The maximum absolute atomic E-state index is 9.92. The van der Waals surface area contributed by atoms with E-state index in [2.05, 4.69) is 23.5 Å². The highest BCUT2D eigenvalue weighted by Gasteiger charge is 2.18. The highest BCUT2D eigenvalue weighted by molar-refractivity contribution is 5.58. The molecule has 0 fully saturated rings. The Hall–Kier alpha value is -1.02. The Morgan fingerprint density at radius 3 is 2.88 bits per heavy atom. The fraction of sp³-hybridized carbons (Fsp3) is 0.571. The number of aliphatic hydroxyl groups is 1. The molecular weight excluding hydrogens is 198 g/mol. The quantitative estimate of drug-likeness (QED) is 0.801. The lowest BCUT2D eigenvalue weighted by Crippen LogP contribution is -2.22. The molecule has 1 aliphatic heterocycles. The zero-order chi connectivity index (χ0) is 11.6. The van der Waals surface area contributed by atoms with Crippen molar-refractivity contribution in [3.63, 3.8) is 0 Å². The highest BCUT2D eigenvalue weighted by atomic mass is 16.3. The molecule has 2 heteroatoms. The van der Waals surface area contributed by atoms with Gasteiger partial charge in [0.2, 0.25) is 0 Å². The molecule has 0 amide bonds. The van der Waals surface area contributed by atoms with E-state index in [9.17, 15) is 5.11 Å². The van der Waals surface area contributed by atoms with Crippen LogP contribution in [0.4, 0.5) is 5.69 Å². The number of fused-ring (bicyclic) bond motifs is 1. The third-order valence-corrected chi connectivity index (χ3v) is 3.03. The summed E-state index contributed by atoms with van der Waals surface area (Å²) in [5.41, 5.74) is 3.27. The summed E-state index contributed by atoms with van der Waals surface area (Å²) in [6.07, 6.45) is 4.35. The van der Waals surface area contributed by atoms with Crippen LogP contribution in [-0.4, -0.2) is 17.3 Å². The number of benzene rings is 1. The van der Waals surface area contributed by atoms with Crippen molar-refractivity contribution in [3.05, 3.63) is 29.3 Å². The summed E-state index contributed by atoms with van der Waals surface area (Å²) in [5.74, 6) is 0. The minimum Gasteiger partial charge on any atom is -0.390 e. The SMILES string of the molecule is CC(C)(O)Cc1cccc2c1NCCCC2. The van der Waals surface area contributed by atoms with E-state index in [1.54, 1.807) is 0 Å². The molecule has 0 spiro atoms. The molecule has 0 aliphatic carbocycles. The van der Waals surface area contributed by atoms with Crippen LogP contribution in [-0.2, 0) is 12.8 Å². The Morgan fingerprint density at radius 1 is 1.31 bits per heavy atom. The highest BCUT2D eigenvalue weighted by Crippen LogP contribution is 2.28. The standard InChI is InChI=1S/C14H21NO/c1-14(2,16)10-12-8-5-7-11-6-3-4-9-15-13(11)12/h5,7-8,15-16H,3-4,6,9-10H2,1-2H3. The Kier molecular flexibility index (Phi) is 3.20. The second-order valence-corrected chi connectivity index (χ2v) is 5.32. The zero-order valence-corrected chi connectivity index (χ0v) is 10.2. The predicted molar refractivity (Wildman–Crippen MR) is 67.9 cm³/mol. The van der Waals surface area contributed by atoms with Crippen molar-refractivity contribution in [3.8, 4) is 0 Å². The summed E-state index contributed by atoms with van der Waals surface area (Å²) in [6, 6.07) is 6.42. The molecule has 0 saturated heterocycles. The lowest BCUT2D eigenvalue weighted by molar-refractivity contribution is 0.0811. The van der Waals surface area contributed by atoms with E-state index in [0.717, 1.165) is 13.0 Å². The molecule has 1 aliphatic rings. The Bertz CT molecular complexity index is 365. The topological polar surface area (TPSA) is 32.3 Å². The van der Waals surface area contributed by atoms with Gasteiger partial charge in [-0.15, -0.1) is 0 Å². The molecule has 1 heterocycles. The van der Waals surface area contributed by atoms with Crippen molar-refractivity contribution < 1.29 is 5.11 Å². The van der Waals surface area contributed by atoms with Crippen LogP contribution < -0.4 is 5.32 Å². The van der Waals surface area contributed by atoms with Gasteiger partial charge in [-0.1, -0.05) is 18.2 Å². The van der Waals surface area contributed by atoms with Gasteiger partial charge in [-0.05, 0) is 44.2 Å². The lowest BCUT2D eigenvalue weighted by Gasteiger charge is -2.21. The average Bonchev–Trinajstić information content (AvgIpc) is 2.41. The van der Waals surface area contributed by atoms with Crippen molar-refractivity contribution in [2.45, 2.75) is 45.1 Å². The van der Waals surface area contributed by atoms with Crippen LogP contribution in [0.3, 0.4) is 0 Å². The summed E-state index contributed by atoms with van der Waals surface area (Å²) in [7, 11) is 0. The molecule has 16 heavy (non-hydrogen) atoms. The van der Waals surface area contributed by atoms with Crippen LogP contribution >= 0.6 is 0 Å². The van der Waals surface area contributed by atoms with Gasteiger partial charge in [0.05, 0.1) is 5.60 Å². The number of aryl methyl sites for hydroxylation is 1. The molecular formula is C14H21NO. The van der Waals surface area contributed by atoms with E-state index in [4.69, 9.17) is 0 Å². The second-order valence-electron chi connectivity index (χ2n) is 5.32. The normalized spacial score (nSPS) is 16.2. The molecule has 1 aromatic rings. The van der Waals surface area contributed by atoms with E-state index in [-0.39, 0.29) is 0 Å². The van der Waals surface area contributed by atoms with Gasteiger partial charge >= 0.3 is 0 Å². The van der Waals surface area contributed by atoms with Crippen molar-refractivity contribution in [2.24, 2.45) is 0 Å². The van der Waals surface area contributed by atoms with Gasteiger partial charge in [0.1, 0.15) is 0 Å². The minimum absolute atomic E-state index is 0.636. The first kappa shape index (κ1) is 11.5. The van der Waals surface area contributed by atoms with Gasteiger partial charge in [-0.25, -0.2) is 0 Å². The Labute approximate surface area is 97.7 Å². The van der Waals surface area contributed by atoms with Crippen LogP contribution in [0, 0.1) is 0 Å². The van der Waals surface area contributed by atoms with E-state index >= 15 is 0 Å². The molecule has 0 bridgehead atoms. The summed E-state index contributed by atoms with van der Waals surface area (Å²) in [5, 5.41) is 13.4. The third-order valence-electron chi connectivity index (χ3n) is 3.03. The summed E-state index contributed by atoms with van der Waals surface area (Å²) in [4.78, 5) is 0. The fourth-order valence-corrected chi connectivity index (χ4v) is 2.36. The minimum atomic E-state index is -0.636. The number of anilines is 1. The zero-order valence-electron chi connectivity index (χ0n) is 10.2. The molecule has 0 atom stereocenters. The molecule has 0 unspecified atom stereocenters. The first-order valence-corrected chi connectivity index (χ1v) is 6.13.